The minimum absolute atomic E-state index is 0.0232. The molecule has 8 heteroatoms. The van der Waals surface area contributed by atoms with Gasteiger partial charge in [-0.25, -0.2) is 0 Å². The summed E-state index contributed by atoms with van der Waals surface area (Å²) >= 11 is 3.18. The van der Waals surface area contributed by atoms with Gasteiger partial charge in [0.05, 0.1) is 10.6 Å². The molecule has 1 heterocycles. The molecule has 1 aromatic heterocycles. The summed E-state index contributed by atoms with van der Waals surface area (Å²) in [5.74, 6) is -0.758. The molecular weight excluding hydrogens is 318 g/mol. The van der Waals surface area contributed by atoms with E-state index in [-0.39, 0.29) is 22.8 Å². The second-order valence-corrected chi connectivity index (χ2v) is 4.56. The number of aromatic amines is 1. The Morgan fingerprint density at radius 1 is 1.42 bits per heavy atom. The van der Waals surface area contributed by atoms with Gasteiger partial charge >= 0.3 is 0 Å². The van der Waals surface area contributed by atoms with Crippen molar-refractivity contribution in [3.8, 4) is 5.75 Å². The van der Waals surface area contributed by atoms with Crippen LogP contribution >= 0.6 is 15.9 Å². The molecule has 2 aromatic rings. The lowest BCUT2D eigenvalue weighted by Gasteiger charge is -2.05. The molecule has 0 unspecified atom stereocenters. The van der Waals surface area contributed by atoms with E-state index in [2.05, 4.69) is 26.2 Å². The van der Waals surface area contributed by atoms with E-state index in [1.54, 1.807) is 12.3 Å². The summed E-state index contributed by atoms with van der Waals surface area (Å²) in [6.07, 6.45) is 1.57. The molecule has 1 amide bonds. The Morgan fingerprint density at radius 3 is 2.74 bits per heavy atom. The third-order valence-corrected chi connectivity index (χ3v) is 2.79. The van der Waals surface area contributed by atoms with Crippen LogP contribution in [-0.4, -0.2) is 20.9 Å². The molecule has 0 atom stereocenters. The third-order valence-electron chi connectivity index (χ3n) is 2.33. The number of nitrogens with zero attached hydrogens (tertiary/aromatic N) is 1. The summed E-state index contributed by atoms with van der Waals surface area (Å²) in [6, 6.07) is 4.93. The lowest BCUT2D eigenvalue weighted by atomic mass is 10.2. The third kappa shape index (κ3) is 2.91. The molecule has 0 spiro atoms. The zero-order chi connectivity index (χ0) is 14.0. The van der Waals surface area contributed by atoms with Crippen molar-refractivity contribution in [2.24, 2.45) is 0 Å². The number of amides is 1. The molecule has 0 bridgehead atoms. The van der Waals surface area contributed by atoms with Crippen LogP contribution in [-0.2, 0) is 0 Å². The lowest BCUT2D eigenvalue weighted by Crippen LogP contribution is -2.12. The number of hydrogen-bond acceptors (Lipinski definition) is 4. The van der Waals surface area contributed by atoms with Gasteiger partial charge in [0, 0.05) is 22.8 Å². The number of rotatable bonds is 3. The molecular formula is C11H8BrN3O4. The predicted octanol–water partition coefficient (Wildman–Crippen LogP) is 2.64. The van der Waals surface area contributed by atoms with Gasteiger partial charge in [-0.15, -0.1) is 0 Å². The fourth-order valence-electron chi connectivity index (χ4n) is 1.43. The molecule has 0 radical (unpaired) electrons. The van der Waals surface area contributed by atoms with Crippen molar-refractivity contribution in [3.63, 3.8) is 0 Å². The van der Waals surface area contributed by atoms with Gasteiger partial charge in [0.15, 0.2) is 0 Å². The molecule has 3 N–H and O–H groups in total. The van der Waals surface area contributed by atoms with E-state index in [1.165, 1.54) is 0 Å². The topological polar surface area (TPSA) is 108 Å². The Labute approximate surface area is 115 Å². The Balaban J connectivity index is 2.25. The van der Waals surface area contributed by atoms with E-state index >= 15 is 0 Å². The summed E-state index contributed by atoms with van der Waals surface area (Å²) in [5.41, 5.74) is 0.0171. The van der Waals surface area contributed by atoms with Crippen LogP contribution in [0.5, 0.6) is 5.75 Å². The summed E-state index contributed by atoms with van der Waals surface area (Å²) in [5, 5.41) is 22.6. The quantitative estimate of drug-likeness (QED) is 0.458. The molecule has 7 nitrogen and oxygen atoms in total. The number of nitrogens with one attached hydrogen (secondary N) is 2. The second-order valence-electron chi connectivity index (χ2n) is 3.64. The molecule has 0 saturated heterocycles. The van der Waals surface area contributed by atoms with Crippen LogP contribution in [0.15, 0.2) is 34.9 Å². The fourth-order valence-corrected chi connectivity index (χ4v) is 1.77. The normalized spacial score (nSPS) is 10.2. The number of nitro benzene ring substituents is 1. The van der Waals surface area contributed by atoms with Crippen LogP contribution in [0.4, 0.5) is 11.4 Å². The van der Waals surface area contributed by atoms with E-state index in [4.69, 9.17) is 0 Å². The van der Waals surface area contributed by atoms with E-state index in [0.29, 0.717) is 4.47 Å². The van der Waals surface area contributed by atoms with Crippen molar-refractivity contribution < 1.29 is 14.8 Å². The van der Waals surface area contributed by atoms with Crippen LogP contribution < -0.4 is 5.32 Å². The van der Waals surface area contributed by atoms with Gasteiger partial charge < -0.3 is 15.4 Å². The second kappa shape index (κ2) is 5.11. The number of H-pyrrole nitrogens is 1. The van der Waals surface area contributed by atoms with E-state index in [9.17, 15) is 20.0 Å². The van der Waals surface area contributed by atoms with Crippen LogP contribution in [0.2, 0.25) is 0 Å². The minimum atomic E-state index is -0.611. The van der Waals surface area contributed by atoms with E-state index in [0.717, 1.165) is 18.2 Å². The molecule has 0 aliphatic carbocycles. The number of carbonyl (C=O) groups is 1. The maximum absolute atomic E-state index is 11.8. The van der Waals surface area contributed by atoms with Crippen LogP contribution in [0.1, 0.15) is 10.5 Å². The molecule has 0 saturated carbocycles. The van der Waals surface area contributed by atoms with Crippen LogP contribution in [0, 0.1) is 10.1 Å². The first kappa shape index (κ1) is 13.1. The molecule has 98 valence electrons. The lowest BCUT2D eigenvalue weighted by molar-refractivity contribution is -0.384. The number of aromatic nitrogens is 1. The van der Waals surface area contributed by atoms with Gasteiger partial charge in [-0.1, -0.05) is 0 Å². The number of hydrogen-bond donors (Lipinski definition) is 3. The SMILES string of the molecule is O=C(Nc1cc([N+](=O)[O-])ccc1O)c1cc(Br)c[nH]1. The fraction of sp³-hybridized carbons (Fsp3) is 0. The Hall–Kier alpha value is -2.35. The summed E-state index contributed by atoms with van der Waals surface area (Å²) in [7, 11) is 0. The Kier molecular flexibility index (Phi) is 3.52. The molecule has 0 aliphatic heterocycles. The molecule has 2 rings (SSSR count). The van der Waals surface area contributed by atoms with E-state index in [1.807, 2.05) is 0 Å². The monoisotopic (exact) mass is 325 g/mol. The average molecular weight is 326 g/mol. The van der Waals surface area contributed by atoms with E-state index < -0.39 is 10.8 Å². The highest BCUT2D eigenvalue weighted by Crippen LogP contribution is 2.28. The molecule has 0 aliphatic rings. The van der Waals surface area contributed by atoms with Gasteiger partial charge in [0.1, 0.15) is 11.4 Å². The van der Waals surface area contributed by atoms with Gasteiger partial charge in [-0.3, -0.25) is 14.9 Å². The molecule has 1 aromatic carbocycles. The minimum Gasteiger partial charge on any atom is -0.506 e. The van der Waals surface area contributed by atoms with Crippen LogP contribution in [0.3, 0.4) is 0 Å². The number of non-ortho nitro benzene ring substituents is 1. The zero-order valence-corrected chi connectivity index (χ0v) is 11.0. The summed E-state index contributed by atoms with van der Waals surface area (Å²) in [6.45, 7) is 0. The molecule has 19 heavy (non-hydrogen) atoms. The summed E-state index contributed by atoms with van der Waals surface area (Å²) in [4.78, 5) is 24.5. The maximum Gasteiger partial charge on any atom is 0.272 e. The average Bonchev–Trinajstić information content (AvgIpc) is 2.78. The van der Waals surface area contributed by atoms with Crippen molar-refractivity contribution in [1.82, 2.24) is 4.98 Å². The predicted molar refractivity (Wildman–Crippen MR) is 71.2 cm³/mol. The number of carbonyl (C=O) groups excluding carboxylic acids is 1. The van der Waals surface area contributed by atoms with Crippen molar-refractivity contribution >= 4 is 33.2 Å². The van der Waals surface area contributed by atoms with Gasteiger partial charge in [0.25, 0.3) is 11.6 Å². The Morgan fingerprint density at radius 2 is 2.16 bits per heavy atom. The number of aromatic hydroxyl groups is 1. The summed E-state index contributed by atoms with van der Waals surface area (Å²) < 4.78 is 0.695. The highest BCUT2D eigenvalue weighted by Gasteiger charge is 2.14. The number of phenolic OH excluding ortho intramolecular Hbond substituents is 1. The highest BCUT2D eigenvalue weighted by atomic mass is 79.9. The van der Waals surface area contributed by atoms with Crippen molar-refractivity contribution in [3.05, 3.63) is 50.7 Å². The van der Waals surface area contributed by atoms with Gasteiger partial charge in [0.2, 0.25) is 0 Å². The number of phenols is 1. The van der Waals surface area contributed by atoms with Gasteiger partial charge in [-0.2, -0.15) is 0 Å². The first-order valence-corrected chi connectivity index (χ1v) is 5.89. The number of benzene rings is 1. The number of nitro groups is 1. The smallest absolute Gasteiger partial charge is 0.272 e. The van der Waals surface area contributed by atoms with Crippen molar-refractivity contribution in [2.45, 2.75) is 0 Å². The number of halogens is 1. The highest BCUT2D eigenvalue weighted by molar-refractivity contribution is 9.10. The van der Waals surface area contributed by atoms with Crippen molar-refractivity contribution in [1.29, 1.82) is 0 Å². The Bertz CT molecular complexity index is 653. The first-order chi connectivity index (χ1) is 8.97. The molecule has 0 fully saturated rings. The standard InChI is InChI=1S/C11H8BrN3O4/c12-6-3-9(13-5-6)11(17)14-8-4-7(15(18)19)1-2-10(8)16/h1-5,13,16H,(H,14,17). The maximum atomic E-state index is 11.8. The zero-order valence-electron chi connectivity index (χ0n) is 9.38. The van der Waals surface area contributed by atoms with Crippen molar-refractivity contribution in [2.75, 3.05) is 5.32 Å². The largest absolute Gasteiger partial charge is 0.506 e. The first-order valence-electron chi connectivity index (χ1n) is 5.10. The van der Waals surface area contributed by atoms with Crippen LogP contribution in [0.25, 0.3) is 0 Å². The number of anilines is 1. The van der Waals surface area contributed by atoms with Gasteiger partial charge in [-0.05, 0) is 28.1 Å².